The predicted octanol–water partition coefficient (Wildman–Crippen LogP) is 0.490. The van der Waals surface area contributed by atoms with Crippen LogP contribution in [0, 0.1) is 11.3 Å². The summed E-state index contributed by atoms with van der Waals surface area (Å²) >= 11 is 0. The Hall–Kier alpha value is -1.79. The molecular formula is C14H23N3O4. The number of urea groups is 1. The van der Waals surface area contributed by atoms with E-state index in [0.29, 0.717) is 45.3 Å². The monoisotopic (exact) mass is 297 g/mol. The molecule has 0 aliphatic carbocycles. The number of aliphatic carboxylic acids is 1. The van der Waals surface area contributed by atoms with Crippen LogP contribution in [-0.2, 0) is 9.59 Å². The van der Waals surface area contributed by atoms with E-state index < -0.39 is 11.4 Å². The third kappa shape index (κ3) is 2.96. The van der Waals surface area contributed by atoms with Gasteiger partial charge in [0.15, 0.2) is 0 Å². The zero-order valence-corrected chi connectivity index (χ0v) is 12.4. The summed E-state index contributed by atoms with van der Waals surface area (Å²) in [5.41, 5.74) is 4.48. The molecule has 0 aromatic heterocycles. The minimum atomic E-state index is -0.826. The number of likely N-dealkylation sites (tertiary alicyclic amines) is 2. The van der Waals surface area contributed by atoms with E-state index in [1.165, 1.54) is 0 Å². The second-order valence-electron chi connectivity index (χ2n) is 6.06. The summed E-state index contributed by atoms with van der Waals surface area (Å²) in [5.74, 6) is -1.28. The van der Waals surface area contributed by atoms with Gasteiger partial charge in [0, 0.05) is 32.1 Å². The molecule has 0 saturated carbocycles. The van der Waals surface area contributed by atoms with E-state index >= 15 is 0 Å². The zero-order valence-electron chi connectivity index (χ0n) is 12.4. The molecule has 0 aromatic carbocycles. The van der Waals surface area contributed by atoms with Crippen molar-refractivity contribution in [2.45, 2.75) is 32.6 Å². The molecule has 3 N–H and O–H groups in total. The van der Waals surface area contributed by atoms with Gasteiger partial charge < -0.3 is 20.6 Å². The van der Waals surface area contributed by atoms with Gasteiger partial charge in [-0.05, 0) is 25.7 Å². The van der Waals surface area contributed by atoms with Crippen LogP contribution in [0.2, 0.25) is 0 Å². The first-order chi connectivity index (χ1) is 9.89. The third-order valence-electron chi connectivity index (χ3n) is 4.92. The molecule has 0 radical (unpaired) electrons. The Morgan fingerprint density at radius 1 is 1.19 bits per heavy atom. The lowest BCUT2D eigenvalue weighted by molar-refractivity contribution is -0.148. The van der Waals surface area contributed by atoms with Crippen LogP contribution >= 0.6 is 0 Å². The molecule has 0 bridgehead atoms. The SMILES string of the molecule is CCC1(C(=O)O)CCN(C(=O)N2CCC(C(N)=O)CC2)C1. The van der Waals surface area contributed by atoms with Crippen molar-refractivity contribution >= 4 is 17.9 Å². The largest absolute Gasteiger partial charge is 0.481 e. The fourth-order valence-electron chi connectivity index (χ4n) is 3.21. The summed E-state index contributed by atoms with van der Waals surface area (Å²) < 4.78 is 0. The highest BCUT2D eigenvalue weighted by atomic mass is 16.4. The number of nitrogens with two attached hydrogens (primary N) is 1. The highest BCUT2D eigenvalue weighted by Gasteiger charge is 2.45. The van der Waals surface area contributed by atoms with Crippen LogP contribution in [-0.4, -0.2) is 59.0 Å². The normalized spacial score (nSPS) is 26.9. The maximum absolute atomic E-state index is 12.4. The number of hydrogen-bond donors (Lipinski definition) is 2. The summed E-state index contributed by atoms with van der Waals surface area (Å²) in [6, 6.07) is -0.116. The van der Waals surface area contributed by atoms with Crippen LogP contribution in [0.1, 0.15) is 32.6 Å². The maximum atomic E-state index is 12.4. The average Bonchev–Trinajstić information content (AvgIpc) is 2.92. The summed E-state index contributed by atoms with van der Waals surface area (Å²) in [5, 5.41) is 9.37. The molecule has 2 heterocycles. The van der Waals surface area contributed by atoms with Crippen molar-refractivity contribution in [3.8, 4) is 0 Å². The van der Waals surface area contributed by atoms with Crippen molar-refractivity contribution < 1.29 is 19.5 Å². The van der Waals surface area contributed by atoms with Gasteiger partial charge in [0.2, 0.25) is 5.91 Å². The van der Waals surface area contributed by atoms with E-state index in [4.69, 9.17) is 5.73 Å². The van der Waals surface area contributed by atoms with Crippen LogP contribution < -0.4 is 5.73 Å². The molecule has 7 nitrogen and oxygen atoms in total. The number of carbonyl (C=O) groups excluding carboxylic acids is 2. The van der Waals surface area contributed by atoms with Crippen LogP contribution in [0.3, 0.4) is 0 Å². The van der Waals surface area contributed by atoms with Crippen LogP contribution in [0.4, 0.5) is 4.79 Å². The molecule has 2 fully saturated rings. The lowest BCUT2D eigenvalue weighted by Gasteiger charge is -2.34. The molecule has 1 unspecified atom stereocenters. The fraction of sp³-hybridized carbons (Fsp3) is 0.786. The molecule has 0 spiro atoms. The molecule has 21 heavy (non-hydrogen) atoms. The summed E-state index contributed by atoms with van der Waals surface area (Å²) in [6.45, 7) is 3.62. The van der Waals surface area contributed by atoms with E-state index in [1.54, 1.807) is 9.80 Å². The van der Waals surface area contributed by atoms with E-state index in [9.17, 15) is 19.5 Å². The Bertz CT molecular complexity index is 446. The van der Waals surface area contributed by atoms with Gasteiger partial charge in [-0.2, -0.15) is 0 Å². The molecule has 1 atom stereocenters. The highest BCUT2D eigenvalue weighted by molar-refractivity contribution is 5.80. The smallest absolute Gasteiger partial charge is 0.320 e. The van der Waals surface area contributed by atoms with Crippen molar-refractivity contribution in [3.05, 3.63) is 0 Å². The lowest BCUT2D eigenvalue weighted by Crippen LogP contribution is -2.48. The van der Waals surface area contributed by atoms with Crippen molar-refractivity contribution in [1.29, 1.82) is 0 Å². The second kappa shape index (κ2) is 5.91. The van der Waals surface area contributed by atoms with Gasteiger partial charge in [0.05, 0.1) is 5.41 Å². The van der Waals surface area contributed by atoms with Crippen molar-refractivity contribution in [2.24, 2.45) is 17.1 Å². The number of rotatable bonds is 3. The van der Waals surface area contributed by atoms with Crippen LogP contribution in [0.25, 0.3) is 0 Å². The topological polar surface area (TPSA) is 104 Å². The van der Waals surface area contributed by atoms with Gasteiger partial charge in [-0.15, -0.1) is 0 Å². The molecule has 2 rings (SSSR count). The minimum absolute atomic E-state index is 0.116. The average molecular weight is 297 g/mol. The Labute approximate surface area is 124 Å². The van der Waals surface area contributed by atoms with E-state index in [2.05, 4.69) is 0 Å². The summed E-state index contributed by atoms with van der Waals surface area (Å²) in [4.78, 5) is 38.3. The number of piperidine rings is 1. The molecule has 7 heteroatoms. The molecule has 2 saturated heterocycles. The standard InChI is InChI=1S/C14H23N3O4/c1-2-14(12(19)20)5-8-17(9-14)13(21)16-6-3-10(4-7-16)11(15)18/h10H,2-9H2,1H3,(H2,15,18)(H,19,20). The number of hydrogen-bond acceptors (Lipinski definition) is 3. The maximum Gasteiger partial charge on any atom is 0.320 e. The lowest BCUT2D eigenvalue weighted by atomic mass is 9.84. The molecule has 3 amide bonds. The minimum Gasteiger partial charge on any atom is -0.481 e. The predicted molar refractivity (Wildman–Crippen MR) is 75.4 cm³/mol. The van der Waals surface area contributed by atoms with Gasteiger partial charge in [0.25, 0.3) is 0 Å². The Balaban J connectivity index is 1.94. The van der Waals surface area contributed by atoms with Gasteiger partial charge in [0.1, 0.15) is 0 Å². The quantitative estimate of drug-likeness (QED) is 0.791. The first-order valence-electron chi connectivity index (χ1n) is 7.46. The number of carboxylic acids is 1. The Morgan fingerprint density at radius 2 is 1.81 bits per heavy atom. The second-order valence-corrected chi connectivity index (χ2v) is 6.06. The third-order valence-corrected chi connectivity index (χ3v) is 4.92. The number of nitrogens with zero attached hydrogens (tertiary/aromatic N) is 2. The molecule has 118 valence electrons. The van der Waals surface area contributed by atoms with E-state index in [0.717, 1.165) is 0 Å². The molecule has 2 aliphatic rings. The summed E-state index contributed by atoms with van der Waals surface area (Å²) in [7, 11) is 0. The van der Waals surface area contributed by atoms with Gasteiger partial charge in [-0.1, -0.05) is 6.92 Å². The first-order valence-corrected chi connectivity index (χ1v) is 7.46. The van der Waals surface area contributed by atoms with E-state index in [1.807, 2.05) is 6.92 Å². The van der Waals surface area contributed by atoms with Crippen molar-refractivity contribution in [2.75, 3.05) is 26.2 Å². The highest BCUT2D eigenvalue weighted by Crippen LogP contribution is 2.35. The Morgan fingerprint density at radius 3 is 2.24 bits per heavy atom. The zero-order chi connectivity index (χ0) is 15.6. The number of carbonyl (C=O) groups is 3. The molecule has 0 aromatic rings. The molecule has 2 aliphatic heterocycles. The van der Waals surface area contributed by atoms with Gasteiger partial charge >= 0.3 is 12.0 Å². The Kier molecular flexibility index (Phi) is 4.39. The molecular weight excluding hydrogens is 274 g/mol. The summed E-state index contributed by atoms with van der Waals surface area (Å²) in [6.07, 6.45) is 2.21. The first kappa shape index (κ1) is 15.6. The van der Waals surface area contributed by atoms with Gasteiger partial charge in [-0.25, -0.2) is 4.79 Å². The van der Waals surface area contributed by atoms with E-state index in [-0.39, 0.29) is 24.4 Å². The van der Waals surface area contributed by atoms with Crippen molar-refractivity contribution in [3.63, 3.8) is 0 Å². The van der Waals surface area contributed by atoms with Crippen LogP contribution in [0.15, 0.2) is 0 Å². The number of carboxylic acid groups (broad SMARTS) is 1. The van der Waals surface area contributed by atoms with Gasteiger partial charge in [-0.3, -0.25) is 9.59 Å². The van der Waals surface area contributed by atoms with Crippen LogP contribution in [0.5, 0.6) is 0 Å². The fourth-order valence-corrected chi connectivity index (χ4v) is 3.21. The number of primary amides is 1. The van der Waals surface area contributed by atoms with Crippen molar-refractivity contribution in [1.82, 2.24) is 9.80 Å². The number of amides is 3.